The summed E-state index contributed by atoms with van der Waals surface area (Å²) in [5.41, 5.74) is 0.597. The normalized spacial score (nSPS) is 14.2. The zero-order valence-electron chi connectivity index (χ0n) is 6.64. The highest BCUT2D eigenvalue weighted by Crippen LogP contribution is 2.19. The van der Waals surface area contributed by atoms with Crippen LogP contribution in [0.3, 0.4) is 0 Å². The van der Waals surface area contributed by atoms with Gasteiger partial charge >= 0.3 is 0 Å². The standard InChI is InChI=1S/C8H10O3S/c1-7(12(9,10)11)8-5-3-2-4-6-8/h2-7H,1H3,(H,9,10,11). The first-order chi connectivity index (χ1) is 5.52. The van der Waals surface area contributed by atoms with E-state index in [-0.39, 0.29) is 0 Å². The quantitative estimate of drug-likeness (QED) is 0.714. The first-order valence-corrected chi connectivity index (χ1v) is 5.03. The lowest BCUT2D eigenvalue weighted by Gasteiger charge is -2.06. The highest BCUT2D eigenvalue weighted by atomic mass is 32.2. The molecule has 0 heterocycles. The molecule has 0 aliphatic rings. The zero-order chi connectivity index (χ0) is 9.19. The van der Waals surface area contributed by atoms with Gasteiger partial charge < -0.3 is 0 Å². The van der Waals surface area contributed by atoms with Crippen molar-refractivity contribution in [2.45, 2.75) is 12.2 Å². The second-order valence-corrected chi connectivity index (χ2v) is 4.30. The maximum absolute atomic E-state index is 10.7. The van der Waals surface area contributed by atoms with Gasteiger partial charge in [0, 0.05) is 0 Å². The van der Waals surface area contributed by atoms with E-state index in [0.717, 1.165) is 0 Å². The van der Waals surface area contributed by atoms with E-state index in [9.17, 15) is 8.42 Å². The topological polar surface area (TPSA) is 54.4 Å². The summed E-state index contributed by atoms with van der Waals surface area (Å²) >= 11 is 0. The first kappa shape index (κ1) is 9.22. The Kier molecular flexibility index (Phi) is 2.49. The molecule has 0 radical (unpaired) electrons. The van der Waals surface area contributed by atoms with Gasteiger partial charge in [0.15, 0.2) is 0 Å². The summed E-state index contributed by atoms with van der Waals surface area (Å²) in [5.74, 6) is 0. The first-order valence-electron chi connectivity index (χ1n) is 3.53. The van der Waals surface area contributed by atoms with Crippen molar-refractivity contribution in [2.75, 3.05) is 0 Å². The van der Waals surface area contributed by atoms with Gasteiger partial charge in [-0.15, -0.1) is 0 Å². The van der Waals surface area contributed by atoms with Crippen LogP contribution in [0.15, 0.2) is 30.3 Å². The molecular weight excluding hydrogens is 176 g/mol. The SMILES string of the molecule is CC(c1ccccc1)S(=O)(=O)O. The van der Waals surface area contributed by atoms with E-state index in [4.69, 9.17) is 4.55 Å². The molecule has 0 saturated heterocycles. The molecule has 0 aromatic heterocycles. The fraction of sp³-hybridized carbons (Fsp3) is 0.250. The van der Waals surface area contributed by atoms with E-state index >= 15 is 0 Å². The van der Waals surface area contributed by atoms with Crippen LogP contribution in [0.5, 0.6) is 0 Å². The van der Waals surface area contributed by atoms with Crippen molar-refractivity contribution in [2.24, 2.45) is 0 Å². The van der Waals surface area contributed by atoms with Crippen LogP contribution in [0, 0.1) is 0 Å². The van der Waals surface area contributed by atoms with E-state index < -0.39 is 15.4 Å². The van der Waals surface area contributed by atoms with Crippen molar-refractivity contribution in [3.8, 4) is 0 Å². The van der Waals surface area contributed by atoms with Crippen LogP contribution in [0.4, 0.5) is 0 Å². The van der Waals surface area contributed by atoms with Crippen LogP contribution in [-0.4, -0.2) is 13.0 Å². The molecule has 0 amide bonds. The average Bonchev–Trinajstić information content (AvgIpc) is 2.03. The third-order valence-electron chi connectivity index (χ3n) is 1.72. The summed E-state index contributed by atoms with van der Waals surface area (Å²) < 4.78 is 30.1. The summed E-state index contributed by atoms with van der Waals surface area (Å²) in [5, 5.41) is -0.848. The van der Waals surface area contributed by atoms with Gasteiger partial charge in [-0.2, -0.15) is 8.42 Å². The van der Waals surface area contributed by atoms with Crippen molar-refractivity contribution in [3.05, 3.63) is 35.9 Å². The minimum atomic E-state index is -3.96. The van der Waals surface area contributed by atoms with Crippen molar-refractivity contribution >= 4 is 10.1 Å². The molecule has 3 nitrogen and oxygen atoms in total. The maximum Gasteiger partial charge on any atom is 0.271 e. The molecule has 1 aromatic rings. The Morgan fingerprint density at radius 2 is 1.75 bits per heavy atom. The van der Waals surface area contributed by atoms with E-state index in [1.165, 1.54) is 6.92 Å². The van der Waals surface area contributed by atoms with Crippen LogP contribution < -0.4 is 0 Å². The second-order valence-electron chi connectivity index (χ2n) is 2.57. The van der Waals surface area contributed by atoms with Gasteiger partial charge in [0.2, 0.25) is 0 Å². The van der Waals surface area contributed by atoms with E-state index in [2.05, 4.69) is 0 Å². The van der Waals surface area contributed by atoms with E-state index in [1.807, 2.05) is 0 Å². The predicted molar refractivity (Wildman–Crippen MR) is 46.4 cm³/mol. The minimum absolute atomic E-state index is 0.597. The van der Waals surface area contributed by atoms with Crippen LogP contribution in [0.1, 0.15) is 17.7 Å². The summed E-state index contributed by atoms with van der Waals surface area (Å²) in [6.07, 6.45) is 0. The Bertz CT molecular complexity index is 342. The molecular formula is C8H10O3S. The van der Waals surface area contributed by atoms with Gasteiger partial charge in [-0.3, -0.25) is 4.55 Å². The van der Waals surface area contributed by atoms with E-state index in [1.54, 1.807) is 30.3 Å². The molecule has 0 fully saturated rings. The van der Waals surface area contributed by atoms with E-state index in [0.29, 0.717) is 5.56 Å². The minimum Gasteiger partial charge on any atom is -0.285 e. The number of hydrogen-bond acceptors (Lipinski definition) is 2. The number of rotatable bonds is 2. The molecule has 66 valence electrons. The second kappa shape index (κ2) is 3.25. The molecule has 1 unspecified atom stereocenters. The average molecular weight is 186 g/mol. The lowest BCUT2D eigenvalue weighted by atomic mass is 10.2. The fourth-order valence-electron chi connectivity index (χ4n) is 0.896. The van der Waals surface area contributed by atoms with Crippen LogP contribution in [0.2, 0.25) is 0 Å². The highest BCUT2D eigenvalue weighted by molar-refractivity contribution is 7.86. The van der Waals surface area contributed by atoms with Crippen LogP contribution in [0.25, 0.3) is 0 Å². The molecule has 1 N–H and O–H groups in total. The monoisotopic (exact) mass is 186 g/mol. The maximum atomic E-state index is 10.7. The molecule has 0 aliphatic carbocycles. The van der Waals surface area contributed by atoms with Crippen molar-refractivity contribution < 1.29 is 13.0 Å². The molecule has 12 heavy (non-hydrogen) atoms. The lowest BCUT2D eigenvalue weighted by Crippen LogP contribution is -2.07. The Morgan fingerprint density at radius 3 is 2.17 bits per heavy atom. The fourth-order valence-corrected chi connectivity index (χ4v) is 1.40. The summed E-state index contributed by atoms with van der Waals surface area (Å²) in [7, 11) is -3.96. The number of benzene rings is 1. The smallest absolute Gasteiger partial charge is 0.271 e. The summed E-state index contributed by atoms with van der Waals surface area (Å²) in [6.45, 7) is 1.45. The molecule has 0 spiro atoms. The largest absolute Gasteiger partial charge is 0.285 e. The van der Waals surface area contributed by atoms with Crippen molar-refractivity contribution in [1.29, 1.82) is 0 Å². The van der Waals surface area contributed by atoms with Gasteiger partial charge in [0.1, 0.15) is 5.25 Å². The Balaban J connectivity index is 3.02. The molecule has 0 bridgehead atoms. The van der Waals surface area contributed by atoms with Gasteiger partial charge in [-0.05, 0) is 12.5 Å². The highest BCUT2D eigenvalue weighted by Gasteiger charge is 2.18. The van der Waals surface area contributed by atoms with Gasteiger partial charge in [0.05, 0.1) is 0 Å². The lowest BCUT2D eigenvalue weighted by molar-refractivity contribution is 0.472. The Hall–Kier alpha value is -0.870. The Morgan fingerprint density at radius 1 is 1.25 bits per heavy atom. The zero-order valence-corrected chi connectivity index (χ0v) is 7.45. The summed E-state index contributed by atoms with van der Waals surface area (Å²) in [6, 6.07) is 8.59. The van der Waals surface area contributed by atoms with Crippen LogP contribution in [-0.2, 0) is 10.1 Å². The van der Waals surface area contributed by atoms with Gasteiger partial charge in [-0.25, -0.2) is 0 Å². The third kappa shape index (κ3) is 2.06. The van der Waals surface area contributed by atoms with Crippen molar-refractivity contribution in [1.82, 2.24) is 0 Å². The molecule has 1 atom stereocenters. The molecule has 1 aromatic carbocycles. The molecule has 4 heteroatoms. The Labute approximate surface area is 71.8 Å². The van der Waals surface area contributed by atoms with Crippen LogP contribution >= 0.6 is 0 Å². The molecule has 0 aliphatic heterocycles. The predicted octanol–water partition coefficient (Wildman–Crippen LogP) is 1.64. The number of hydrogen-bond donors (Lipinski definition) is 1. The third-order valence-corrected chi connectivity index (χ3v) is 2.88. The van der Waals surface area contributed by atoms with Crippen molar-refractivity contribution in [3.63, 3.8) is 0 Å². The molecule has 1 rings (SSSR count). The van der Waals surface area contributed by atoms with Gasteiger partial charge in [0.25, 0.3) is 10.1 Å². The van der Waals surface area contributed by atoms with Gasteiger partial charge in [-0.1, -0.05) is 30.3 Å². The molecule has 0 saturated carbocycles. The summed E-state index contributed by atoms with van der Waals surface area (Å²) in [4.78, 5) is 0.